The zero-order valence-electron chi connectivity index (χ0n) is 15.1. The Kier molecular flexibility index (Phi) is 4.36. The molecule has 3 aliphatic carbocycles. The molecule has 1 saturated heterocycles. The highest BCUT2D eigenvalue weighted by Crippen LogP contribution is 2.69. The van der Waals surface area contributed by atoms with E-state index in [1.165, 1.54) is 12.0 Å². The van der Waals surface area contributed by atoms with Crippen LogP contribution in [-0.4, -0.2) is 24.3 Å². The Morgan fingerprint density at radius 1 is 1.17 bits per heavy atom. The first-order valence-corrected chi connectivity index (χ1v) is 8.91. The van der Waals surface area contributed by atoms with E-state index < -0.39 is 0 Å². The Labute approximate surface area is 152 Å². The SMILES string of the molecule is CC1(C)C2C[C@@H]1[C@]1(C)OB(C(N)Cc3ccccc3)O[C@]1(C)C2.Cl. The van der Waals surface area contributed by atoms with Crippen LogP contribution in [0, 0.1) is 17.3 Å². The summed E-state index contributed by atoms with van der Waals surface area (Å²) in [5, 5.41) is 0. The highest BCUT2D eigenvalue weighted by molar-refractivity contribution is 6.47. The maximum absolute atomic E-state index is 6.53. The van der Waals surface area contributed by atoms with E-state index in [1.54, 1.807) is 0 Å². The van der Waals surface area contributed by atoms with Crippen molar-refractivity contribution in [2.45, 2.75) is 64.1 Å². The van der Waals surface area contributed by atoms with Crippen molar-refractivity contribution in [1.82, 2.24) is 0 Å². The molecule has 0 spiro atoms. The minimum atomic E-state index is -0.305. The van der Waals surface area contributed by atoms with Crippen molar-refractivity contribution in [1.29, 1.82) is 0 Å². The summed E-state index contributed by atoms with van der Waals surface area (Å²) in [4.78, 5) is 0. The number of hydrogen-bond donors (Lipinski definition) is 1. The first kappa shape index (κ1) is 18.3. The minimum Gasteiger partial charge on any atom is -0.402 e. The van der Waals surface area contributed by atoms with E-state index in [4.69, 9.17) is 15.0 Å². The lowest BCUT2D eigenvalue weighted by Crippen LogP contribution is -2.70. The van der Waals surface area contributed by atoms with Gasteiger partial charge >= 0.3 is 7.12 Å². The summed E-state index contributed by atoms with van der Waals surface area (Å²) in [5.74, 6) is 1.18. The molecule has 2 unspecified atom stereocenters. The van der Waals surface area contributed by atoms with E-state index in [0.717, 1.165) is 18.8 Å². The minimum absolute atomic E-state index is 0. The van der Waals surface area contributed by atoms with Crippen molar-refractivity contribution in [3.8, 4) is 0 Å². The second-order valence-electron chi connectivity index (χ2n) is 8.81. The van der Waals surface area contributed by atoms with Crippen LogP contribution in [0.5, 0.6) is 0 Å². The molecule has 5 heteroatoms. The molecule has 1 aliphatic heterocycles. The van der Waals surface area contributed by atoms with Gasteiger partial charge in [-0.15, -0.1) is 12.4 Å². The highest BCUT2D eigenvalue weighted by Gasteiger charge is 2.73. The number of rotatable bonds is 3. The monoisotopic (exact) mass is 349 g/mol. The summed E-state index contributed by atoms with van der Waals surface area (Å²) >= 11 is 0. The standard InChI is InChI=1S/C19H28BNO2.ClH/c1-17(2)14-11-15(17)19(4)18(3,12-14)22-20(23-19)16(21)10-13-8-6-5-7-9-13;/h5-9,14-16H,10-12,21H2,1-4H3;1H/t14?,15-,16?,18+,19-;/m0./s1. The van der Waals surface area contributed by atoms with Gasteiger partial charge in [-0.3, -0.25) is 0 Å². The molecule has 4 fully saturated rings. The number of nitrogens with two attached hydrogens (primary N) is 1. The van der Waals surface area contributed by atoms with Crippen molar-refractivity contribution in [3.63, 3.8) is 0 Å². The van der Waals surface area contributed by atoms with Crippen molar-refractivity contribution >= 4 is 19.5 Å². The molecule has 24 heavy (non-hydrogen) atoms. The molecule has 1 heterocycles. The molecule has 1 aromatic carbocycles. The van der Waals surface area contributed by atoms with Gasteiger partial charge in [0.15, 0.2) is 0 Å². The van der Waals surface area contributed by atoms with Crippen molar-refractivity contribution in [2.75, 3.05) is 0 Å². The quantitative estimate of drug-likeness (QED) is 0.847. The summed E-state index contributed by atoms with van der Waals surface area (Å²) < 4.78 is 13.0. The van der Waals surface area contributed by atoms with Gasteiger partial charge in [-0.05, 0) is 55.9 Å². The first-order chi connectivity index (χ1) is 10.8. The average Bonchev–Trinajstić information content (AvgIpc) is 2.79. The van der Waals surface area contributed by atoms with Crippen molar-refractivity contribution in [2.24, 2.45) is 23.0 Å². The predicted molar refractivity (Wildman–Crippen MR) is 100 cm³/mol. The smallest absolute Gasteiger partial charge is 0.402 e. The molecule has 132 valence electrons. The summed E-state index contributed by atoms with van der Waals surface area (Å²) in [6.07, 6.45) is 3.14. The molecule has 4 aliphatic rings. The molecular weight excluding hydrogens is 320 g/mol. The summed E-state index contributed by atoms with van der Waals surface area (Å²) in [5.41, 5.74) is 7.64. The van der Waals surface area contributed by atoms with E-state index in [0.29, 0.717) is 11.3 Å². The summed E-state index contributed by atoms with van der Waals surface area (Å²) in [6.45, 7) is 9.26. The number of benzene rings is 1. The second-order valence-corrected chi connectivity index (χ2v) is 8.81. The molecule has 5 atom stereocenters. The normalized spacial score (nSPS) is 40.3. The predicted octanol–water partition coefficient (Wildman–Crippen LogP) is 3.64. The lowest BCUT2D eigenvalue weighted by atomic mass is 9.41. The zero-order chi connectivity index (χ0) is 16.5. The maximum atomic E-state index is 6.53. The van der Waals surface area contributed by atoms with Crippen LogP contribution in [0.15, 0.2) is 30.3 Å². The van der Waals surface area contributed by atoms with Crippen LogP contribution in [0.4, 0.5) is 0 Å². The van der Waals surface area contributed by atoms with Crippen LogP contribution in [0.25, 0.3) is 0 Å². The molecule has 0 radical (unpaired) electrons. The van der Waals surface area contributed by atoms with E-state index in [9.17, 15) is 0 Å². The van der Waals surface area contributed by atoms with Crippen LogP contribution < -0.4 is 5.73 Å². The maximum Gasteiger partial charge on any atom is 0.476 e. The summed E-state index contributed by atoms with van der Waals surface area (Å²) in [7, 11) is -0.305. The molecule has 3 nitrogen and oxygen atoms in total. The highest BCUT2D eigenvalue weighted by atomic mass is 35.5. The molecular formula is C19H29BClNO2. The number of halogens is 1. The van der Waals surface area contributed by atoms with Gasteiger partial charge in [-0.1, -0.05) is 44.2 Å². The van der Waals surface area contributed by atoms with E-state index >= 15 is 0 Å². The summed E-state index contributed by atoms with van der Waals surface area (Å²) in [6, 6.07) is 10.4. The van der Waals surface area contributed by atoms with Gasteiger partial charge in [0.1, 0.15) is 0 Å². The van der Waals surface area contributed by atoms with Gasteiger partial charge in [0, 0.05) is 5.94 Å². The van der Waals surface area contributed by atoms with Crippen molar-refractivity contribution in [3.05, 3.63) is 35.9 Å². The Balaban J connectivity index is 0.00000169. The Bertz CT molecular complexity index is 613. The van der Waals surface area contributed by atoms with Gasteiger partial charge in [-0.25, -0.2) is 0 Å². The van der Waals surface area contributed by atoms with Crippen LogP contribution in [-0.2, 0) is 15.7 Å². The van der Waals surface area contributed by atoms with E-state index in [-0.39, 0.29) is 36.7 Å². The third-order valence-electron chi connectivity index (χ3n) is 7.22. The van der Waals surface area contributed by atoms with Crippen LogP contribution in [0.3, 0.4) is 0 Å². The van der Waals surface area contributed by atoms with E-state index in [1.807, 2.05) is 6.07 Å². The molecule has 2 bridgehead atoms. The fraction of sp³-hybridized carbons (Fsp3) is 0.684. The molecule has 5 rings (SSSR count). The van der Waals surface area contributed by atoms with Gasteiger partial charge in [-0.2, -0.15) is 0 Å². The molecule has 2 N–H and O–H groups in total. The number of hydrogen-bond acceptors (Lipinski definition) is 3. The Morgan fingerprint density at radius 3 is 2.46 bits per heavy atom. The molecule has 0 amide bonds. The lowest BCUT2D eigenvalue weighted by Gasteiger charge is -2.67. The Morgan fingerprint density at radius 2 is 1.83 bits per heavy atom. The van der Waals surface area contributed by atoms with Gasteiger partial charge in [0.2, 0.25) is 0 Å². The topological polar surface area (TPSA) is 44.5 Å². The largest absolute Gasteiger partial charge is 0.476 e. The third kappa shape index (κ3) is 2.38. The van der Waals surface area contributed by atoms with Crippen molar-refractivity contribution < 1.29 is 9.31 Å². The fourth-order valence-corrected chi connectivity index (χ4v) is 5.39. The van der Waals surface area contributed by atoms with E-state index in [2.05, 4.69) is 52.0 Å². The second kappa shape index (κ2) is 5.73. The van der Waals surface area contributed by atoms with Crippen LogP contribution in [0.2, 0.25) is 0 Å². The van der Waals surface area contributed by atoms with Gasteiger partial charge in [0.05, 0.1) is 11.2 Å². The zero-order valence-corrected chi connectivity index (χ0v) is 15.9. The fourth-order valence-electron chi connectivity index (χ4n) is 5.39. The first-order valence-electron chi connectivity index (χ1n) is 8.91. The molecule has 1 aromatic rings. The van der Waals surface area contributed by atoms with Crippen LogP contribution >= 0.6 is 12.4 Å². The third-order valence-corrected chi connectivity index (χ3v) is 7.22. The molecule has 3 saturated carbocycles. The lowest BCUT2D eigenvalue weighted by molar-refractivity contribution is -0.235. The average molecular weight is 350 g/mol. The van der Waals surface area contributed by atoms with Gasteiger partial charge < -0.3 is 15.0 Å². The molecule has 0 aromatic heterocycles. The van der Waals surface area contributed by atoms with Crippen LogP contribution in [0.1, 0.15) is 46.1 Å². The Hall–Kier alpha value is -0.545. The van der Waals surface area contributed by atoms with Gasteiger partial charge in [0.25, 0.3) is 0 Å².